The summed E-state index contributed by atoms with van der Waals surface area (Å²) in [4.78, 5) is 14.4. The van der Waals surface area contributed by atoms with Crippen LogP contribution in [-0.2, 0) is 4.79 Å². The summed E-state index contributed by atoms with van der Waals surface area (Å²) < 4.78 is 1.04. The fraction of sp³-hybridized carbons (Fsp3) is 0. The van der Waals surface area contributed by atoms with Gasteiger partial charge in [0.25, 0.3) is 0 Å². The number of anilines is 1. The lowest BCUT2D eigenvalue weighted by atomic mass is 10.2. The van der Waals surface area contributed by atoms with Gasteiger partial charge in [-0.2, -0.15) is 0 Å². The molecule has 1 aromatic heterocycles. The highest BCUT2D eigenvalue weighted by Gasteiger charge is 2.02. The van der Waals surface area contributed by atoms with E-state index in [1.165, 1.54) is 17.4 Å². The van der Waals surface area contributed by atoms with Gasteiger partial charge in [0.1, 0.15) is 6.29 Å². The van der Waals surface area contributed by atoms with E-state index in [1.54, 1.807) is 6.08 Å². The molecule has 0 saturated carbocycles. The molecule has 4 heteroatoms. The summed E-state index contributed by atoms with van der Waals surface area (Å²) in [7, 11) is 0. The largest absolute Gasteiger partial charge is 0.375 e. The van der Waals surface area contributed by atoms with Gasteiger partial charge in [0.2, 0.25) is 0 Å². The maximum atomic E-state index is 10.2. The molecule has 0 bridgehead atoms. The number of rotatable bonds is 2. The molecule has 2 N–H and O–H groups in total. The predicted octanol–water partition coefficient (Wildman–Crippen LogP) is 2.09. The van der Waals surface area contributed by atoms with Crippen LogP contribution in [0.1, 0.15) is 5.56 Å². The van der Waals surface area contributed by atoms with Crippen molar-refractivity contribution < 1.29 is 4.79 Å². The van der Waals surface area contributed by atoms with Crippen LogP contribution in [0.2, 0.25) is 0 Å². The molecule has 0 unspecified atom stereocenters. The highest BCUT2D eigenvalue weighted by atomic mass is 32.1. The number of allylic oxidation sites excluding steroid dienone is 1. The van der Waals surface area contributed by atoms with E-state index in [0.29, 0.717) is 5.13 Å². The molecular weight excluding hydrogens is 196 g/mol. The maximum Gasteiger partial charge on any atom is 0.181 e. The first kappa shape index (κ1) is 8.90. The number of hydrogen-bond acceptors (Lipinski definition) is 4. The van der Waals surface area contributed by atoms with E-state index in [0.717, 1.165) is 22.1 Å². The van der Waals surface area contributed by atoms with Gasteiger partial charge in [0.15, 0.2) is 5.13 Å². The Balaban J connectivity index is 2.63. The number of fused-ring (bicyclic) bond motifs is 1. The highest BCUT2D eigenvalue weighted by molar-refractivity contribution is 7.22. The van der Waals surface area contributed by atoms with Crippen LogP contribution < -0.4 is 5.73 Å². The van der Waals surface area contributed by atoms with Gasteiger partial charge in [-0.05, 0) is 18.2 Å². The van der Waals surface area contributed by atoms with Crippen LogP contribution in [0.25, 0.3) is 16.3 Å². The number of benzene rings is 1. The highest BCUT2D eigenvalue weighted by Crippen LogP contribution is 2.26. The van der Waals surface area contributed by atoms with Crippen molar-refractivity contribution in [2.24, 2.45) is 0 Å². The number of aromatic nitrogens is 1. The number of nitrogens with two attached hydrogens (primary N) is 1. The van der Waals surface area contributed by atoms with Gasteiger partial charge >= 0.3 is 0 Å². The van der Waals surface area contributed by atoms with Gasteiger partial charge in [0.05, 0.1) is 10.2 Å². The van der Waals surface area contributed by atoms with Crippen LogP contribution in [0.4, 0.5) is 5.13 Å². The second-order valence-corrected chi connectivity index (χ2v) is 3.80. The average Bonchev–Trinajstić information content (AvgIpc) is 2.55. The molecule has 14 heavy (non-hydrogen) atoms. The SMILES string of the molecule is Nc1nc2c(C=CC=O)cccc2s1. The molecule has 0 saturated heterocycles. The van der Waals surface area contributed by atoms with E-state index in [1.807, 2.05) is 18.2 Å². The molecule has 2 rings (SSSR count). The van der Waals surface area contributed by atoms with Crippen molar-refractivity contribution in [3.8, 4) is 0 Å². The van der Waals surface area contributed by atoms with Crippen LogP contribution in [0, 0.1) is 0 Å². The zero-order chi connectivity index (χ0) is 9.97. The van der Waals surface area contributed by atoms with Gasteiger partial charge in [-0.15, -0.1) is 0 Å². The van der Waals surface area contributed by atoms with E-state index in [2.05, 4.69) is 4.98 Å². The van der Waals surface area contributed by atoms with Gasteiger partial charge in [-0.1, -0.05) is 23.5 Å². The lowest BCUT2D eigenvalue weighted by Gasteiger charge is -1.92. The van der Waals surface area contributed by atoms with Crippen molar-refractivity contribution in [1.29, 1.82) is 0 Å². The lowest BCUT2D eigenvalue weighted by Crippen LogP contribution is -1.81. The number of carbonyl (C=O) groups excluding carboxylic acids is 1. The van der Waals surface area contributed by atoms with Crippen LogP contribution in [0.5, 0.6) is 0 Å². The van der Waals surface area contributed by atoms with Crippen molar-refractivity contribution in [1.82, 2.24) is 4.98 Å². The molecule has 1 aromatic carbocycles. The molecule has 0 spiro atoms. The number of hydrogen-bond donors (Lipinski definition) is 1. The Bertz CT molecular complexity index is 502. The molecule has 0 aliphatic heterocycles. The quantitative estimate of drug-likeness (QED) is 0.602. The monoisotopic (exact) mass is 204 g/mol. The smallest absolute Gasteiger partial charge is 0.181 e. The number of aldehydes is 1. The molecule has 3 nitrogen and oxygen atoms in total. The maximum absolute atomic E-state index is 10.2. The summed E-state index contributed by atoms with van der Waals surface area (Å²) in [5.74, 6) is 0. The zero-order valence-electron chi connectivity index (χ0n) is 7.31. The summed E-state index contributed by atoms with van der Waals surface area (Å²) in [6.07, 6.45) is 3.92. The molecular formula is C10H8N2OS. The van der Waals surface area contributed by atoms with Gasteiger partial charge in [0, 0.05) is 5.56 Å². The van der Waals surface area contributed by atoms with Crippen molar-refractivity contribution in [3.63, 3.8) is 0 Å². The Morgan fingerprint density at radius 1 is 1.43 bits per heavy atom. The second kappa shape index (κ2) is 3.59. The molecule has 0 radical (unpaired) electrons. The number of para-hydroxylation sites is 1. The minimum Gasteiger partial charge on any atom is -0.375 e. The minimum absolute atomic E-state index is 0.548. The van der Waals surface area contributed by atoms with Crippen molar-refractivity contribution in [2.75, 3.05) is 5.73 Å². The Labute approximate surface area is 84.9 Å². The van der Waals surface area contributed by atoms with Gasteiger partial charge in [-0.3, -0.25) is 4.79 Å². The first-order valence-corrected chi connectivity index (χ1v) is 4.90. The first-order chi connectivity index (χ1) is 6.81. The molecule has 2 aromatic rings. The summed E-state index contributed by atoms with van der Waals surface area (Å²) in [5.41, 5.74) is 7.38. The second-order valence-electron chi connectivity index (χ2n) is 2.74. The fourth-order valence-electron chi connectivity index (χ4n) is 1.26. The fourth-order valence-corrected chi connectivity index (χ4v) is 2.03. The third kappa shape index (κ3) is 1.52. The summed E-state index contributed by atoms with van der Waals surface area (Å²) in [5, 5.41) is 0.548. The van der Waals surface area contributed by atoms with Crippen LogP contribution in [-0.4, -0.2) is 11.3 Å². The van der Waals surface area contributed by atoms with E-state index < -0.39 is 0 Å². The summed E-state index contributed by atoms with van der Waals surface area (Å²) in [6, 6.07) is 5.79. The molecule has 0 fully saturated rings. The summed E-state index contributed by atoms with van der Waals surface area (Å²) in [6.45, 7) is 0. The van der Waals surface area contributed by atoms with Crippen molar-refractivity contribution >= 4 is 39.0 Å². The van der Waals surface area contributed by atoms with E-state index in [9.17, 15) is 4.79 Å². The van der Waals surface area contributed by atoms with E-state index >= 15 is 0 Å². The summed E-state index contributed by atoms with van der Waals surface area (Å²) >= 11 is 1.44. The van der Waals surface area contributed by atoms with Gasteiger partial charge < -0.3 is 5.73 Å². The van der Waals surface area contributed by atoms with Crippen LogP contribution in [0.15, 0.2) is 24.3 Å². The number of nitrogens with zero attached hydrogens (tertiary/aromatic N) is 1. The Kier molecular flexibility index (Phi) is 2.28. The number of thiazole rings is 1. The van der Waals surface area contributed by atoms with Crippen LogP contribution in [0.3, 0.4) is 0 Å². The molecule has 1 heterocycles. The zero-order valence-corrected chi connectivity index (χ0v) is 8.12. The van der Waals surface area contributed by atoms with Crippen molar-refractivity contribution in [3.05, 3.63) is 29.8 Å². The Hall–Kier alpha value is -1.68. The van der Waals surface area contributed by atoms with Crippen LogP contribution >= 0.6 is 11.3 Å². The number of nitrogen functional groups attached to an aromatic ring is 1. The average molecular weight is 204 g/mol. The normalized spacial score (nSPS) is 11.1. The topological polar surface area (TPSA) is 56.0 Å². The molecule has 0 amide bonds. The Morgan fingerprint density at radius 2 is 2.29 bits per heavy atom. The first-order valence-electron chi connectivity index (χ1n) is 4.08. The lowest BCUT2D eigenvalue weighted by molar-refractivity contribution is -0.104. The third-order valence-electron chi connectivity index (χ3n) is 1.82. The Morgan fingerprint density at radius 3 is 3.07 bits per heavy atom. The molecule has 0 atom stereocenters. The van der Waals surface area contributed by atoms with E-state index in [-0.39, 0.29) is 0 Å². The third-order valence-corrected chi connectivity index (χ3v) is 2.67. The van der Waals surface area contributed by atoms with Gasteiger partial charge in [-0.25, -0.2) is 4.98 Å². The number of carbonyl (C=O) groups is 1. The standard InChI is InChI=1S/C10H8N2OS/c11-10-12-9-7(4-2-6-13)3-1-5-8(9)14-10/h1-6H,(H2,11,12). The molecule has 0 aliphatic carbocycles. The minimum atomic E-state index is 0.548. The molecule has 70 valence electrons. The predicted molar refractivity (Wildman–Crippen MR) is 59.1 cm³/mol. The molecule has 0 aliphatic rings. The van der Waals surface area contributed by atoms with Crippen molar-refractivity contribution in [2.45, 2.75) is 0 Å². The van der Waals surface area contributed by atoms with E-state index in [4.69, 9.17) is 5.73 Å².